The predicted molar refractivity (Wildman–Crippen MR) is 441 cm³/mol. The maximum Gasteiger partial charge on any atom is 0.327 e. The first-order chi connectivity index (χ1) is 55.7. The van der Waals surface area contributed by atoms with Gasteiger partial charge in [-0.25, -0.2) is 59.0 Å². The van der Waals surface area contributed by atoms with E-state index in [2.05, 4.69) is 102 Å². The van der Waals surface area contributed by atoms with E-state index in [9.17, 15) is 38.4 Å². The van der Waals surface area contributed by atoms with Crippen LogP contribution in [0.15, 0.2) is 188 Å². The monoisotopic (exact) mass is 1620 g/mol. The summed E-state index contributed by atoms with van der Waals surface area (Å²) in [4.78, 5) is 147. The largest absolute Gasteiger partial charge is 0.456 e. The minimum atomic E-state index is -0.670. The van der Waals surface area contributed by atoms with E-state index in [1.807, 2.05) is 51.2 Å². The second-order valence-corrected chi connectivity index (χ2v) is 31.3. The number of hydrogen-bond donors (Lipinski definition) is 8. The quantitative estimate of drug-likeness (QED) is 0.0445. The fourth-order valence-electron chi connectivity index (χ4n) is 9.22. The zero-order valence-electron chi connectivity index (χ0n) is 67.8. The molecular weight excluding hydrogens is 1530 g/mol. The average molecular weight is 1620 g/mol. The average Bonchev–Trinajstić information content (AvgIpc) is 1.58. The number of hydrogen-bond acceptors (Lipinski definition) is 26. The van der Waals surface area contributed by atoms with E-state index in [-0.39, 0.29) is 29.4 Å². The number of rotatable bonds is 16. The molecule has 0 atom stereocenters. The fraction of sp³-hybridized carbons (Fsp3) is 0.253. The van der Waals surface area contributed by atoms with Gasteiger partial charge < -0.3 is 23.4 Å². The molecule has 118 heavy (non-hydrogen) atoms. The molecule has 0 aliphatic rings. The number of nitrogens with zero attached hydrogens (tertiary/aromatic N) is 13. The fourth-order valence-corrected chi connectivity index (χ4v) is 9.97. The van der Waals surface area contributed by atoms with Crippen LogP contribution in [0.25, 0.3) is 39.1 Å². The maximum atomic E-state index is 12.0. The molecule has 12 amide bonds. The van der Waals surface area contributed by atoms with Crippen molar-refractivity contribution in [3.63, 3.8) is 0 Å². The number of oxazole rings is 1. The molecular formula is C83H89N21O13S. The highest BCUT2D eigenvalue weighted by molar-refractivity contribution is 7.15. The molecule has 12 rings (SSSR count). The molecule has 8 N–H and O–H groups in total. The molecule has 0 radical (unpaired) electrons. The van der Waals surface area contributed by atoms with Gasteiger partial charge in [-0.05, 0) is 113 Å². The lowest BCUT2D eigenvalue weighted by molar-refractivity contribution is -0.127. The Hall–Kier alpha value is -14.6. The van der Waals surface area contributed by atoms with E-state index in [0.29, 0.717) is 92.3 Å². The van der Waals surface area contributed by atoms with E-state index in [4.69, 9.17) is 23.4 Å². The Labute approximate surface area is 683 Å². The third-order valence-corrected chi connectivity index (χ3v) is 16.5. The second kappa shape index (κ2) is 38.9. The summed E-state index contributed by atoms with van der Waals surface area (Å²) in [6.07, 6.45) is 19.7. The Morgan fingerprint density at radius 1 is 0.373 bits per heavy atom. The number of imidazole rings is 1. The highest BCUT2D eigenvalue weighted by Crippen LogP contribution is 2.33. The van der Waals surface area contributed by atoms with Gasteiger partial charge in [0.25, 0.3) is 0 Å². The smallest absolute Gasteiger partial charge is 0.327 e. The number of nitrogens with one attached hydrogen (secondary N) is 8. The Morgan fingerprint density at radius 3 is 1.19 bits per heavy atom. The molecule has 0 saturated carbocycles. The van der Waals surface area contributed by atoms with Crippen LogP contribution in [0.5, 0.6) is 46.0 Å². The van der Waals surface area contributed by atoms with Crippen molar-refractivity contribution < 1.29 is 61.7 Å². The van der Waals surface area contributed by atoms with Crippen LogP contribution in [0.1, 0.15) is 111 Å². The molecule has 35 heteroatoms. The van der Waals surface area contributed by atoms with E-state index in [1.165, 1.54) is 18.6 Å². The van der Waals surface area contributed by atoms with Crippen molar-refractivity contribution in [1.82, 2.24) is 85.6 Å². The Morgan fingerprint density at radius 2 is 0.788 bits per heavy atom. The summed E-state index contributed by atoms with van der Waals surface area (Å²) in [5, 5.41) is 20.2. The molecule has 0 fully saturated rings. The molecule has 12 aromatic rings. The summed E-state index contributed by atoms with van der Waals surface area (Å²) in [5.74, 6) is 5.77. The van der Waals surface area contributed by atoms with Crippen LogP contribution < -0.4 is 61.5 Å². The van der Waals surface area contributed by atoms with Gasteiger partial charge in [-0.15, -0.1) is 11.3 Å². The van der Waals surface area contributed by atoms with Crippen molar-refractivity contribution in [3.8, 4) is 85.1 Å². The van der Waals surface area contributed by atoms with Gasteiger partial charge in [-0.2, -0.15) is 0 Å². The minimum absolute atomic E-state index is 0.282. The molecule has 0 unspecified atom stereocenters. The number of ether oxygens (including phenoxy) is 4. The third kappa shape index (κ3) is 27.3. The van der Waals surface area contributed by atoms with E-state index in [1.54, 1.807) is 247 Å². The maximum absolute atomic E-state index is 12.0. The van der Waals surface area contributed by atoms with Crippen molar-refractivity contribution in [2.24, 2.45) is 21.7 Å². The number of aryl methyl sites for hydroxylation is 5. The first kappa shape index (κ1) is 87.3. The number of thiazole rings is 1. The molecule has 0 aliphatic heterocycles. The number of anilines is 4. The molecule has 0 saturated heterocycles. The first-order valence-corrected chi connectivity index (χ1v) is 37.3. The van der Waals surface area contributed by atoms with Crippen molar-refractivity contribution in [2.45, 2.75) is 118 Å². The van der Waals surface area contributed by atoms with Crippen molar-refractivity contribution in [2.75, 3.05) is 21.3 Å². The second-order valence-electron chi connectivity index (χ2n) is 30.0. The molecule has 0 aliphatic carbocycles. The van der Waals surface area contributed by atoms with Crippen LogP contribution in [-0.2, 0) is 19.2 Å². The molecule has 0 bridgehead atoms. The summed E-state index contributed by atoms with van der Waals surface area (Å²) >= 11 is 1.56. The van der Waals surface area contributed by atoms with Gasteiger partial charge >= 0.3 is 24.1 Å². The normalized spacial score (nSPS) is 11.0. The molecule has 12 aromatic heterocycles. The Balaban J connectivity index is 0.000000179. The van der Waals surface area contributed by atoms with Crippen LogP contribution in [0, 0.1) is 56.3 Å². The zero-order chi connectivity index (χ0) is 85.7. The number of pyridine rings is 9. The number of aromatic nitrogens is 13. The highest BCUT2D eigenvalue weighted by Gasteiger charge is 2.27. The number of amides is 12. The van der Waals surface area contributed by atoms with Crippen LogP contribution in [0.4, 0.5) is 42.4 Å². The van der Waals surface area contributed by atoms with Crippen LogP contribution in [0.3, 0.4) is 0 Å². The Kier molecular flexibility index (Phi) is 28.8. The van der Waals surface area contributed by atoms with Crippen molar-refractivity contribution in [1.29, 1.82) is 0 Å². The third-order valence-electron chi connectivity index (χ3n) is 15.6. The van der Waals surface area contributed by atoms with Crippen LogP contribution >= 0.6 is 11.3 Å². The van der Waals surface area contributed by atoms with Gasteiger partial charge in [-0.3, -0.25) is 86.2 Å². The number of imide groups is 4. The van der Waals surface area contributed by atoms with Gasteiger partial charge in [0.2, 0.25) is 23.6 Å². The van der Waals surface area contributed by atoms with Crippen LogP contribution in [-0.4, -0.2) is 112 Å². The lowest BCUT2D eigenvalue weighted by Crippen LogP contribution is -2.41. The molecule has 34 nitrogen and oxygen atoms in total. The predicted octanol–water partition coefficient (Wildman–Crippen LogP) is 16.4. The molecule has 610 valence electrons. The molecule has 0 spiro atoms. The SMILES string of the molecule is Cc1cc(-c2cc(Oc3ccc(NC(=O)NC(=O)C(C)(C)C)nc3C)ccn2)ccn1.Cc1cn(-c2cc(Oc3ccc(NC(=O)NC(=O)C(C)(C)C)nc3)ccn2)cn1.Cc1ncc(-c2cc(Oc3ccc(NC(=O)NC(=O)C(C)(C)C)nc3)ccn2)o1.Cc1ncc(-c2cc(Oc3ccc(NC(=O)NC(=O)C(C)(C)C)nc3)ccn2)s1. The van der Waals surface area contributed by atoms with E-state index < -0.39 is 45.8 Å². The van der Waals surface area contributed by atoms with Crippen LogP contribution in [0.2, 0.25) is 0 Å². The van der Waals surface area contributed by atoms with Gasteiger partial charge in [-0.1, -0.05) is 83.1 Å². The molecule has 0 aromatic carbocycles. The number of urea groups is 4. The lowest BCUT2D eigenvalue weighted by atomic mass is 9.96. The van der Waals surface area contributed by atoms with E-state index in [0.717, 1.165) is 38.2 Å². The van der Waals surface area contributed by atoms with Gasteiger partial charge in [0.15, 0.2) is 11.7 Å². The minimum Gasteiger partial charge on any atom is -0.456 e. The van der Waals surface area contributed by atoms with E-state index >= 15 is 0 Å². The lowest BCUT2D eigenvalue weighted by Gasteiger charge is -2.17. The summed E-state index contributed by atoms with van der Waals surface area (Å²) in [7, 11) is 0. The zero-order valence-corrected chi connectivity index (χ0v) is 68.7. The molecule has 12 heterocycles. The summed E-state index contributed by atoms with van der Waals surface area (Å²) in [5.41, 5.74) is 2.79. The van der Waals surface area contributed by atoms with Gasteiger partial charge in [0.05, 0.1) is 57.4 Å². The number of carbonyl (C=O) groups is 8. The Bertz CT molecular complexity index is 5160. The summed E-state index contributed by atoms with van der Waals surface area (Å²) in [6.45, 7) is 29.9. The number of carbonyl (C=O) groups excluding carboxylic acids is 8. The topological polar surface area (TPSA) is 442 Å². The summed E-state index contributed by atoms with van der Waals surface area (Å²) in [6, 6.07) is 28.4. The standard InChI is InChI=1S/C23H25N5O3.C20H22N6O3.C20H21N5O4.C20H21N5O3S/c1-14-12-16(8-10-24-14)18-13-17(9-11-25-18)31-19-6-7-20(26-15(19)2)27-22(30)28-21(29)23(3,4)5;1-13-11-26(12-23-13)17-9-14(7-8-21-17)29-15-5-6-16(22-10-15)24-19(28)25-18(27)20(2,3)4;1-12-22-11-16(28-12)15-9-13(7-8-21-15)29-14-5-6-17(23-10-14)24-19(27)25-18(26)20(2,3)4;1-12-22-11-16(29-12)15-9-13(7-8-21-15)28-14-5-6-17(23-10-14)24-19(27)25-18(26)20(2,3)4/h6-13H,1-5H3,(H2,26,27,28,29,30);5-12H,1-4H3,(H2,22,24,25,27,28);2*5-11H,1-4H3,(H2,23,24,25,26,27). The van der Waals surface area contributed by atoms with Gasteiger partial charge in [0, 0.05) is 107 Å². The summed E-state index contributed by atoms with van der Waals surface area (Å²) < 4.78 is 30.6. The van der Waals surface area contributed by atoms with Gasteiger partial charge in [0.1, 0.15) is 87.1 Å². The van der Waals surface area contributed by atoms with Crippen molar-refractivity contribution in [3.05, 3.63) is 212 Å². The first-order valence-electron chi connectivity index (χ1n) is 36.4. The highest BCUT2D eigenvalue weighted by atomic mass is 32.1. The van der Waals surface area contributed by atoms with Crippen molar-refractivity contribution >= 4 is 82.4 Å².